The van der Waals surface area contributed by atoms with Crippen LogP contribution in [0.1, 0.15) is 5.56 Å². The van der Waals surface area contributed by atoms with Crippen molar-refractivity contribution in [3.63, 3.8) is 0 Å². The molecular formula is C11H9BrClFN4. The van der Waals surface area contributed by atoms with Crippen LogP contribution in [0, 0.1) is 5.82 Å². The molecule has 0 saturated carbocycles. The second-order valence-electron chi connectivity index (χ2n) is 3.55. The Morgan fingerprint density at radius 2 is 2.11 bits per heavy atom. The number of hydrogen-bond donors (Lipinski definition) is 2. The fraction of sp³-hybridized carbons (Fsp3) is 0.0909. The molecule has 7 heteroatoms. The first kappa shape index (κ1) is 13.0. The molecule has 0 amide bonds. The van der Waals surface area contributed by atoms with E-state index in [4.69, 9.17) is 17.3 Å². The van der Waals surface area contributed by atoms with Crippen LogP contribution in [0.15, 0.2) is 29.0 Å². The van der Waals surface area contributed by atoms with Gasteiger partial charge in [-0.25, -0.2) is 14.4 Å². The summed E-state index contributed by atoms with van der Waals surface area (Å²) in [5.41, 5.74) is 6.31. The molecule has 2 rings (SSSR count). The summed E-state index contributed by atoms with van der Waals surface area (Å²) >= 11 is 9.15. The number of nitrogen functional groups attached to an aromatic ring is 1. The topological polar surface area (TPSA) is 63.8 Å². The molecule has 2 aromatic rings. The van der Waals surface area contributed by atoms with Gasteiger partial charge in [0.05, 0.1) is 0 Å². The molecule has 1 aromatic carbocycles. The van der Waals surface area contributed by atoms with Crippen LogP contribution in [0.3, 0.4) is 0 Å². The van der Waals surface area contributed by atoms with E-state index in [0.717, 1.165) is 5.56 Å². The van der Waals surface area contributed by atoms with Crippen LogP contribution in [-0.4, -0.2) is 9.97 Å². The first-order valence-corrected chi connectivity index (χ1v) is 6.18. The van der Waals surface area contributed by atoms with Gasteiger partial charge in [0.15, 0.2) is 5.82 Å². The van der Waals surface area contributed by atoms with Crippen LogP contribution in [0.4, 0.5) is 16.0 Å². The van der Waals surface area contributed by atoms with Gasteiger partial charge in [0.1, 0.15) is 23.0 Å². The summed E-state index contributed by atoms with van der Waals surface area (Å²) in [5.74, 6) is 0.314. The highest BCUT2D eigenvalue weighted by atomic mass is 79.9. The van der Waals surface area contributed by atoms with Gasteiger partial charge < -0.3 is 11.1 Å². The number of nitrogens with one attached hydrogen (secondary N) is 1. The fourth-order valence-corrected chi connectivity index (χ4v) is 2.08. The minimum atomic E-state index is -0.311. The third kappa shape index (κ3) is 3.08. The quantitative estimate of drug-likeness (QED) is 0.906. The molecule has 18 heavy (non-hydrogen) atoms. The van der Waals surface area contributed by atoms with Gasteiger partial charge in [-0.1, -0.05) is 27.5 Å². The van der Waals surface area contributed by atoms with Crippen LogP contribution in [0.25, 0.3) is 0 Å². The lowest BCUT2D eigenvalue weighted by Crippen LogP contribution is -2.04. The van der Waals surface area contributed by atoms with Crippen molar-refractivity contribution in [3.8, 4) is 0 Å². The van der Waals surface area contributed by atoms with E-state index in [1.807, 2.05) is 0 Å². The molecule has 0 spiro atoms. The summed E-state index contributed by atoms with van der Waals surface area (Å²) < 4.78 is 13.8. The summed E-state index contributed by atoms with van der Waals surface area (Å²) in [6, 6.07) is 4.61. The highest BCUT2D eigenvalue weighted by molar-refractivity contribution is 9.10. The van der Waals surface area contributed by atoms with E-state index in [2.05, 4.69) is 31.2 Å². The van der Waals surface area contributed by atoms with Crippen LogP contribution >= 0.6 is 27.5 Å². The normalized spacial score (nSPS) is 10.4. The maximum absolute atomic E-state index is 13.2. The first-order chi connectivity index (χ1) is 8.56. The maximum Gasteiger partial charge on any atom is 0.150 e. The van der Waals surface area contributed by atoms with Crippen LogP contribution in [0.2, 0.25) is 5.02 Å². The molecule has 0 saturated heterocycles. The molecule has 0 aliphatic carbocycles. The Morgan fingerprint density at radius 1 is 1.33 bits per heavy atom. The van der Waals surface area contributed by atoms with Gasteiger partial charge in [0.25, 0.3) is 0 Å². The smallest absolute Gasteiger partial charge is 0.150 e. The number of nitrogens with zero attached hydrogens (tertiary/aromatic N) is 2. The standard InChI is InChI=1S/C11H9BrClFN4/c12-7-1-6(2-8(14)3-7)4-16-11-9(13)10(15)17-5-18-11/h1-3,5H,4H2,(H3,15,16,17,18). The third-order valence-corrected chi connectivity index (χ3v) is 3.03. The Kier molecular flexibility index (Phi) is 3.98. The van der Waals surface area contributed by atoms with Gasteiger partial charge in [0.2, 0.25) is 0 Å². The Hall–Kier alpha value is -1.40. The molecule has 0 aliphatic rings. The third-order valence-electron chi connectivity index (χ3n) is 2.20. The van der Waals surface area contributed by atoms with Crippen molar-refractivity contribution in [1.82, 2.24) is 9.97 Å². The lowest BCUT2D eigenvalue weighted by atomic mass is 10.2. The maximum atomic E-state index is 13.2. The predicted octanol–water partition coefficient (Wildman–Crippen LogP) is 3.23. The lowest BCUT2D eigenvalue weighted by molar-refractivity contribution is 0.625. The monoisotopic (exact) mass is 330 g/mol. The molecular weight excluding hydrogens is 323 g/mol. The molecule has 0 bridgehead atoms. The zero-order valence-electron chi connectivity index (χ0n) is 9.12. The minimum Gasteiger partial charge on any atom is -0.382 e. The van der Waals surface area contributed by atoms with E-state index in [1.165, 1.54) is 18.5 Å². The average molecular weight is 332 g/mol. The van der Waals surface area contributed by atoms with Crippen molar-refractivity contribution in [2.45, 2.75) is 6.54 Å². The second-order valence-corrected chi connectivity index (χ2v) is 4.85. The van der Waals surface area contributed by atoms with Gasteiger partial charge >= 0.3 is 0 Å². The van der Waals surface area contributed by atoms with Crippen LogP contribution in [-0.2, 0) is 6.54 Å². The Morgan fingerprint density at radius 3 is 2.83 bits per heavy atom. The molecule has 0 atom stereocenters. The van der Waals surface area contributed by atoms with E-state index in [1.54, 1.807) is 6.07 Å². The Balaban J connectivity index is 2.14. The van der Waals surface area contributed by atoms with Crippen molar-refractivity contribution in [3.05, 3.63) is 45.4 Å². The summed E-state index contributed by atoms with van der Waals surface area (Å²) in [4.78, 5) is 7.71. The van der Waals surface area contributed by atoms with Crippen molar-refractivity contribution in [2.24, 2.45) is 0 Å². The summed E-state index contributed by atoms with van der Waals surface area (Å²) in [6.07, 6.45) is 1.31. The molecule has 0 aliphatic heterocycles. The largest absolute Gasteiger partial charge is 0.382 e. The summed E-state index contributed by atoms with van der Waals surface area (Å²) in [7, 11) is 0. The molecule has 94 valence electrons. The molecule has 1 heterocycles. The molecule has 1 aromatic heterocycles. The summed E-state index contributed by atoms with van der Waals surface area (Å²) in [5, 5.41) is 3.23. The van der Waals surface area contributed by atoms with Gasteiger partial charge in [0, 0.05) is 11.0 Å². The van der Waals surface area contributed by atoms with E-state index < -0.39 is 0 Å². The van der Waals surface area contributed by atoms with Crippen LogP contribution < -0.4 is 11.1 Å². The van der Waals surface area contributed by atoms with Gasteiger partial charge in [-0.2, -0.15) is 0 Å². The van der Waals surface area contributed by atoms with E-state index in [0.29, 0.717) is 16.8 Å². The molecule has 4 nitrogen and oxygen atoms in total. The van der Waals surface area contributed by atoms with Crippen molar-refractivity contribution in [2.75, 3.05) is 11.1 Å². The fourth-order valence-electron chi connectivity index (χ4n) is 1.41. The van der Waals surface area contributed by atoms with E-state index in [9.17, 15) is 4.39 Å². The first-order valence-electron chi connectivity index (χ1n) is 5.01. The van der Waals surface area contributed by atoms with E-state index >= 15 is 0 Å². The van der Waals surface area contributed by atoms with Crippen molar-refractivity contribution >= 4 is 39.2 Å². The summed E-state index contributed by atoms with van der Waals surface area (Å²) in [6.45, 7) is 0.381. The molecule has 3 N–H and O–H groups in total. The van der Waals surface area contributed by atoms with Gasteiger partial charge in [-0.15, -0.1) is 0 Å². The van der Waals surface area contributed by atoms with Crippen LogP contribution in [0.5, 0.6) is 0 Å². The lowest BCUT2D eigenvalue weighted by Gasteiger charge is -2.08. The van der Waals surface area contributed by atoms with Gasteiger partial charge in [-0.05, 0) is 23.8 Å². The van der Waals surface area contributed by atoms with Crippen molar-refractivity contribution < 1.29 is 4.39 Å². The highest BCUT2D eigenvalue weighted by Gasteiger charge is 2.06. The SMILES string of the molecule is Nc1ncnc(NCc2cc(F)cc(Br)c2)c1Cl. The molecule has 0 unspecified atom stereocenters. The Labute approximate surface area is 117 Å². The Bertz CT molecular complexity index is 559. The number of benzene rings is 1. The number of anilines is 2. The van der Waals surface area contributed by atoms with Crippen molar-refractivity contribution in [1.29, 1.82) is 0 Å². The minimum absolute atomic E-state index is 0.203. The number of aromatic nitrogens is 2. The predicted molar refractivity (Wildman–Crippen MR) is 72.9 cm³/mol. The second kappa shape index (κ2) is 5.49. The number of hydrogen-bond acceptors (Lipinski definition) is 4. The molecule has 0 fully saturated rings. The zero-order valence-corrected chi connectivity index (χ0v) is 11.5. The molecule has 0 radical (unpaired) electrons. The zero-order chi connectivity index (χ0) is 13.1. The number of nitrogens with two attached hydrogens (primary N) is 1. The highest BCUT2D eigenvalue weighted by Crippen LogP contribution is 2.24. The number of halogens is 3. The van der Waals surface area contributed by atoms with E-state index in [-0.39, 0.29) is 16.7 Å². The van der Waals surface area contributed by atoms with Gasteiger partial charge in [-0.3, -0.25) is 0 Å². The number of rotatable bonds is 3. The average Bonchev–Trinajstić information content (AvgIpc) is 2.30.